The molecule has 0 spiro atoms. The quantitative estimate of drug-likeness (QED) is 0.848. The maximum absolute atomic E-state index is 12.1. The van der Waals surface area contributed by atoms with Gasteiger partial charge in [-0.1, -0.05) is 19.1 Å². The van der Waals surface area contributed by atoms with E-state index in [1.54, 1.807) is 11.3 Å². The number of nitrogens with zero attached hydrogens (tertiary/aromatic N) is 2. The first-order valence-electron chi connectivity index (χ1n) is 7.96. The SMILES string of the molecule is CCc1nc(CC(=O)NC(C)Cc2ccc(N(C)C)cc2)cs1. The largest absolute Gasteiger partial charge is 0.378 e. The number of benzene rings is 1. The molecule has 5 heteroatoms. The van der Waals surface area contributed by atoms with E-state index in [-0.39, 0.29) is 11.9 Å². The van der Waals surface area contributed by atoms with Crippen molar-refractivity contribution >= 4 is 22.9 Å². The number of nitrogens with one attached hydrogen (secondary N) is 1. The van der Waals surface area contributed by atoms with Gasteiger partial charge in [-0.25, -0.2) is 4.98 Å². The summed E-state index contributed by atoms with van der Waals surface area (Å²) in [4.78, 5) is 18.6. The van der Waals surface area contributed by atoms with Crippen LogP contribution in [0.2, 0.25) is 0 Å². The predicted octanol–water partition coefficient (Wildman–Crippen LogP) is 3.06. The van der Waals surface area contributed by atoms with Crippen LogP contribution in [0.5, 0.6) is 0 Å². The molecule has 0 bridgehead atoms. The highest BCUT2D eigenvalue weighted by atomic mass is 32.1. The number of rotatable bonds is 7. The molecule has 0 radical (unpaired) electrons. The smallest absolute Gasteiger partial charge is 0.226 e. The number of carbonyl (C=O) groups is 1. The third-order valence-corrected chi connectivity index (χ3v) is 4.69. The monoisotopic (exact) mass is 331 g/mol. The summed E-state index contributed by atoms with van der Waals surface area (Å²) in [6, 6.07) is 8.55. The van der Waals surface area contributed by atoms with E-state index >= 15 is 0 Å². The standard InChI is InChI=1S/C18H25N3OS/c1-5-18-20-15(12-23-18)11-17(22)19-13(2)10-14-6-8-16(9-7-14)21(3)4/h6-9,12-13H,5,10-11H2,1-4H3,(H,19,22). The molecule has 1 aromatic carbocycles. The summed E-state index contributed by atoms with van der Waals surface area (Å²) in [6.45, 7) is 4.11. The molecule has 1 aromatic heterocycles. The van der Waals surface area contributed by atoms with Crippen molar-refractivity contribution < 1.29 is 4.79 Å². The Morgan fingerprint density at radius 1 is 1.30 bits per heavy atom. The topological polar surface area (TPSA) is 45.2 Å². The van der Waals surface area contributed by atoms with Gasteiger partial charge in [0.25, 0.3) is 0 Å². The minimum absolute atomic E-state index is 0.0374. The van der Waals surface area contributed by atoms with Gasteiger partial charge in [0.15, 0.2) is 0 Å². The lowest BCUT2D eigenvalue weighted by Crippen LogP contribution is -2.35. The normalized spacial score (nSPS) is 12.0. The molecule has 4 nitrogen and oxygen atoms in total. The molecule has 0 saturated carbocycles. The first-order chi connectivity index (χ1) is 11.0. The Morgan fingerprint density at radius 2 is 2.00 bits per heavy atom. The van der Waals surface area contributed by atoms with Crippen molar-refractivity contribution in [3.63, 3.8) is 0 Å². The maximum Gasteiger partial charge on any atom is 0.226 e. The van der Waals surface area contributed by atoms with Gasteiger partial charge < -0.3 is 10.2 Å². The van der Waals surface area contributed by atoms with Gasteiger partial charge in [-0.05, 0) is 37.5 Å². The first-order valence-corrected chi connectivity index (χ1v) is 8.84. The number of amides is 1. The second kappa shape index (κ2) is 8.11. The average Bonchev–Trinajstić information content (AvgIpc) is 2.95. The Morgan fingerprint density at radius 3 is 2.57 bits per heavy atom. The molecular formula is C18H25N3OS. The lowest BCUT2D eigenvalue weighted by atomic mass is 10.1. The van der Waals surface area contributed by atoms with Crippen molar-refractivity contribution in [3.05, 3.63) is 45.9 Å². The molecule has 1 N–H and O–H groups in total. The van der Waals surface area contributed by atoms with E-state index < -0.39 is 0 Å². The van der Waals surface area contributed by atoms with Crippen LogP contribution in [0.1, 0.15) is 30.1 Å². The van der Waals surface area contributed by atoms with Crippen LogP contribution in [0.3, 0.4) is 0 Å². The highest BCUT2D eigenvalue weighted by molar-refractivity contribution is 7.09. The van der Waals surface area contributed by atoms with Gasteiger partial charge in [-0.15, -0.1) is 11.3 Å². The van der Waals surface area contributed by atoms with Gasteiger partial charge in [-0.2, -0.15) is 0 Å². The number of aromatic nitrogens is 1. The minimum atomic E-state index is 0.0374. The van der Waals surface area contributed by atoms with E-state index in [4.69, 9.17) is 0 Å². The van der Waals surface area contributed by atoms with Crippen LogP contribution in [0.15, 0.2) is 29.6 Å². The number of thiazole rings is 1. The molecule has 0 aliphatic carbocycles. The number of hydrogen-bond acceptors (Lipinski definition) is 4. The lowest BCUT2D eigenvalue weighted by molar-refractivity contribution is -0.121. The van der Waals surface area contributed by atoms with Crippen molar-refractivity contribution in [2.45, 2.75) is 39.2 Å². The van der Waals surface area contributed by atoms with Crippen LogP contribution in [0, 0.1) is 0 Å². The van der Waals surface area contributed by atoms with Gasteiger partial charge in [0.05, 0.1) is 17.1 Å². The van der Waals surface area contributed by atoms with Crippen LogP contribution in [0.4, 0.5) is 5.69 Å². The molecule has 0 fully saturated rings. The summed E-state index contributed by atoms with van der Waals surface area (Å²) in [6.07, 6.45) is 2.11. The van der Waals surface area contributed by atoms with E-state index in [1.807, 2.05) is 26.4 Å². The van der Waals surface area contributed by atoms with Crippen LogP contribution < -0.4 is 10.2 Å². The van der Waals surface area contributed by atoms with Gasteiger partial charge in [0.2, 0.25) is 5.91 Å². The van der Waals surface area contributed by atoms with Crippen LogP contribution in [0.25, 0.3) is 0 Å². The molecule has 0 aliphatic rings. The third kappa shape index (κ3) is 5.36. The van der Waals surface area contributed by atoms with Crippen molar-refractivity contribution in [1.29, 1.82) is 0 Å². The summed E-state index contributed by atoms with van der Waals surface area (Å²) in [5.74, 6) is 0.0374. The minimum Gasteiger partial charge on any atom is -0.378 e. The summed E-state index contributed by atoms with van der Waals surface area (Å²) in [5.41, 5.74) is 3.28. The summed E-state index contributed by atoms with van der Waals surface area (Å²) >= 11 is 1.62. The maximum atomic E-state index is 12.1. The zero-order valence-electron chi connectivity index (χ0n) is 14.3. The molecular weight excluding hydrogens is 306 g/mol. The van der Waals surface area contributed by atoms with E-state index in [9.17, 15) is 4.79 Å². The number of carbonyl (C=O) groups excluding carboxylic acids is 1. The molecule has 1 amide bonds. The molecule has 0 saturated heterocycles. The van der Waals surface area contributed by atoms with Gasteiger partial charge >= 0.3 is 0 Å². The zero-order chi connectivity index (χ0) is 16.8. The third-order valence-electron chi connectivity index (χ3n) is 3.65. The van der Waals surface area contributed by atoms with Crippen molar-refractivity contribution in [3.8, 4) is 0 Å². The summed E-state index contributed by atoms with van der Waals surface area (Å²) < 4.78 is 0. The molecule has 23 heavy (non-hydrogen) atoms. The molecule has 1 heterocycles. The molecule has 124 valence electrons. The number of aryl methyl sites for hydroxylation is 1. The number of anilines is 1. The van der Waals surface area contributed by atoms with Gasteiger partial charge in [0.1, 0.15) is 0 Å². The van der Waals surface area contributed by atoms with E-state index in [2.05, 4.69) is 46.4 Å². The Hall–Kier alpha value is -1.88. The second-order valence-corrected chi connectivity index (χ2v) is 6.94. The Labute approximate surface area is 142 Å². The lowest BCUT2D eigenvalue weighted by Gasteiger charge is -2.16. The summed E-state index contributed by atoms with van der Waals surface area (Å²) in [5, 5.41) is 6.12. The zero-order valence-corrected chi connectivity index (χ0v) is 15.1. The van der Waals surface area contributed by atoms with Crippen LogP contribution in [-0.2, 0) is 24.1 Å². The van der Waals surface area contributed by atoms with Crippen LogP contribution in [-0.4, -0.2) is 31.0 Å². The molecule has 0 aliphatic heterocycles. The van der Waals surface area contributed by atoms with Gasteiger partial charge in [0, 0.05) is 31.2 Å². The predicted molar refractivity (Wildman–Crippen MR) is 97.3 cm³/mol. The Balaban J connectivity index is 1.83. The van der Waals surface area contributed by atoms with E-state index in [0.29, 0.717) is 6.42 Å². The average molecular weight is 331 g/mol. The summed E-state index contributed by atoms with van der Waals surface area (Å²) in [7, 11) is 4.06. The Bertz CT molecular complexity index is 634. The Kier molecular flexibility index (Phi) is 6.16. The number of hydrogen-bond donors (Lipinski definition) is 1. The fourth-order valence-electron chi connectivity index (χ4n) is 2.42. The molecule has 1 atom stereocenters. The van der Waals surface area contributed by atoms with E-state index in [1.165, 1.54) is 11.3 Å². The van der Waals surface area contributed by atoms with E-state index in [0.717, 1.165) is 23.5 Å². The van der Waals surface area contributed by atoms with Gasteiger partial charge in [-0.3, -0.25) is 4.79 Å². The fourth-order valence-corrected chi connectivity index (χ4v) is 3.16. The first kappa shape index (κ1) is 17.5. The van der Waals surface area contributed by atoms with Crippen molar-refractivity contribution in [2.75, 3.05) is 19.0 Å². The molecule has 2 rings (SSSR count). The molecule has 2 aromatic rings. The highest BCUT2D eigenvalue weighted by Crippen LogP contribution is 2.14. The van der Waals surface area contributed by atoms with Crippen LogP contribution >= 0.6 is 11.3 Å². The van der Waals surface area contributed by atoms with Crippen molar-refractivity contribution in [2.24, 2.45) is 0 Å². The van der Waals surface area contributed by atoms with Crippen molar-refractivity contribution in [1.82, 2.24) is 10.3 Å². The molecule has 1 unspecified atom stereocenters. The second-order valence-electron chi connectivity index (χ2n) is 6.00. The fraction of sp³-hybridized carbons (Fsp3) is 0.444. The highest BCUT2D eigenvalue weighted by Gasteiger charge is 2.11.